The van der Waals surface area contributed by atoms with Crippen LogP contribution in [-0.4, -0.2) is 82.8 Å². The number of carbonyl (C=O) groups is 2. The zero-order chi connectivity index (χ0) is 26.0. The Morgan fingerprint density at radius 2 is 1.73 bits per heavy atom. The molecule has 0 bridgehead atoms. The van der Waals surface area contributed by atoms with Crippen LogP contribution >= 0.6 is 0 Å². The molecular formula is C29H46N4O4. The monoisotopic (exact) mass is 514 g/mol. The number of aryl methyl sites for hydroxylation is 2. The normalized spacial score (nSPS) is 27.2. The van der Waals surface area contributed by atoms with Gasteiger partial charge in [-0.2, -0.15) is 0 Å². The van der Waals surface area contributed by atoms with Crippen LogP contribution in [0.25, 0.3) is 0 Å². The lowest BCUT2D eigenvalue weighted by molar-refractivity contribution is -0.0175. The zero-order valence-electron chi connectivity index (χ0n) is 23.2. The molecule has 1 aromatic rings. The van der Waals surface area contributed by atoms with Gasteiger partial charge >= 0.3 is 6.09 Å². The SMILES string of the molecule is CCCCC1CCCCC1CN1CC2(CCN(C3CCN(C(=O)c4c(C)noc4C)CC3)CC2)OC1=O. The summed E-state index contributed by atoms with van der Waals surface area (Å²) in [6.45, 7) is 11.0. The van der Waals surface area contributed by atoms with E-state index in [1.807, 2.05) is 16.7 Å². The highest BCUT2D eigenvalue weighted by molar-refractivity contribution is 5.96. The molecule has 37 heavy (non-hydrogen) atoms. The van der Waals surface area contributed by atoms with Crippen LogP contribution in [0.4, 0.5) is 4.79 Å². The first-order valence-electron chi connectivity index (χ1n) is 14.8. The van der Waals surface area contributed by atoms with E-state index in [-0.39, 0.29) is 17.6 Å². The topological polar surface area (TPSA) is 79.1 Å². The Bertz CT molecular complexity index is 926. The van der Waals surface area contributed by atoms with Gasteiger partial charge in [-0.15, -0.1) is 0 Å². The van der Waals surface area contributed by atoms with Crippen LogP contribution < -0.4 is 0 Å². The highest BCUT2D eigenvalue weighted by Gasteiger charge is 2.48. The van der Waals surface area contributed by atoms with Crippen LogP contribution in [0.1, 0.15) is 99.4 Å². The second-order valence-corrected chi connectivity index (χ2v) is 12.1. The van der Waals surface area contributed by atoms with E-state index in [1.54, 1.807) is 6.92 Å². The van der Waals surface area contributed by atoms with Crippen LogP contribution in [-0.2, 0) is 4.74 Å². The van der Waals surface area contributed by atoms with Crippen LogP contribution in [0, 0.1) is 25.7 Å². The van der Waals surface area contributed by atoms with Crippen molar-refractivity contribution in [2.24, 2.45) is 11.8 Å². The van der Waals surface area contributed by atoms with Gasteiger partial charge in [0, 0.05) is 51.6 Å². The Hall–Kier alpha value is -2.09. The highest BCUT2D eigenvalue weighted by atomic mass is 16.6. The molecule has 2 unspecified atom stereocenters. The molecule has 2 amide bonds. The fourth-order valence-corrected chi connectivity index (χ4v) is 7.43. The van der Waals surface area contributed by atoms with Crippen LogP contribution in [0.5, 0.6) is 0 Å². The molecule has 3 aliphatic heterocycles. The molecule has 0 N–H and O–H groups in total. The highest BCUT2D eigenvalue weighted by Crippen LogP contribution is 2.39. The van der Waals surface area contributed by atoms with Gasteiger partial charge in [0.25, 0.3) is 5.91 Å². The molecule has 4 aliphatic rings. The van der Waals surface area contributed by atoms with Crippen LogP contribution in [0.15, 0.2) is 4.52 Å². The second-order valence-electron chi connectivity index (χ2n) is 12.1. The van der Waals surface area contributed by atoms with Crippen molar-refractivity contribution >= 4 is 12.0 Å². The van der Waals surface area contributed by atoms with Gasteiger partial charge in [0.2, 0.25) is 0 Å². The second kappa shape index (κ2) is 11.3. The Morgan fingerprint density at radius 1 is 1.03 bits per heavy atom. The fourth-order valence-electron chi connectivity index (χ4n) is 7.43. The van der Waals surface area contributed by atoms with Crippen molar-refractivity contribution in [1.82, 2.24) is 19.9 Å². The molecule has 206 valence electrons. The Kier molecular flexibility index (Phi) is 8.13. The molecule has 0 radical (unpaired) electrons. The van der Waals surface area contributed by atoms with Gasteiger partial charge in [-0.3, -0.25) is 9.69 Å². The molecule has 2 atom stereocenters. The molecule has 5 rings (SSSR count). The van der Waals surface area contributed by atoms with E-state index in [4.69, 9.17) is 9.26 Å². The van der Waals surface area contributed by atoms with Gasteiger partial charge in [0.05, 0.1) is 12.2 Å². The number of likely N-dealkylation sites (tertiary alicyclic amines) is 2. The number of nitrogens with zero attached hydrogens (tertiary/aromatic N) is 4. The summed E-state index contributed by atoms with van der Waals surface area (Å²) < 4.78 is 11.3. The number of amides is 2. The van der Waals surface area contributed by atoms with E-state index < -0.39 is 0 Å². The molecule has 1 spiro atoms. The van der Waals surface area contributed by atoms with E-state index in [9.17, 15) is 9.59 Å². The molecule has 1 saturated carbocycles. The predicted molar refractivity (Wildman–Crippen MR) is 141 cm³/mol. The minimum atomic E-state index is -0.304. The Balaban J connectivity index is 1.10. The molecule has 4 fully saturated rings. The summed E-state index contributed by atoms with van der Waals surface area (Å²) in [6.07, 6.45) is 12.8. The molecule has 1 aromatic heterocycles. The summed E-state index contributed by atoms with van der Waals surface area (Å²) in [5, 5.41) is 3.94. The number of carbonyl (C=O) groups excluding carboxylic acids is 2. The average Bonchev–Trinajstić information content (AvgIpc) is 3.40. The van der Waals surface area contributed by atoms with Crippen molar-refractivity contribution in [1.29, 1.82) is 0 Å². The van der Waals surface area contributed by atoms with Gasteiger partial charge in [-0.05, 0) is 44.9 Å². The van der Waals surface area contributed by atoms with E-state index in [0.29, 0.717) is 29.0 Å². The van der Waals surface area contributed by atoms with Crippen molar-refractivity contribution in [3.63, 3.8) is 0 Å². The van der Waals surface area contributed by atoms with Crippen molar-refractivity contribution < 1.29 is 18.8 Å². The third kappa shape index (κ3) is 5.69. The summed E-state index contributed by atoms with van der Waals surface area (Å²) in [6, 6.07) is 0.487. The molecule has 3 saturated heterocycles. The number of piperidine rings is 2. The third-order valence-corrected chi connectivity index (χ3v) is 9.72. The first-order chi connectivity index (χ1) is 17.9. The summed E-state index contributed by atoms with van der Waals surface area (Å²) in [5.74, 6) is 2.06. The summed E-state index contributed by atoms with van der Waals surface area (Å²) in [5.41, 5.74) is 0.989. The van der Waals surface area contributed by atoms with Gasteiger partial charge in [-0.1, -0.05) is 50.6 Å². The van der Waals surface area contributed by atoms with Crippen molar-refractivity contribution in [2.45, 2.75) is 103 Å². The van der Waals surface area contributed by atoms with E-state index in [2.05, 4.69) is 17.0 Å². The van der Waals surface area contributed by atoms with E-state index in [1.165, 1.54) is 44.9 Å². The first kappa shape index (κ1) is 26.5. The van der Waals surface area contributed by atoms with Gasteiger partial charge in [-0.25, -0.2) is 4.79 Å². The van der Waals surface area contributed by atoms with E-state index in [0.717, 1.165) is 70.9 Å². The lowest BCUT2D eigenvalue weighted by Crippen LogP contribution is -2.53. The maximum Gasteiger partial charge on any atom is 0.410 e. The third-order valence-electron chi connectivity index (χ3n) is 9.72. The zero-order valence-corrected chi connectivity index (χ0v) is 23.2. The standard InChI is InChI=1S/C29H46N4O4/c1-4-5-8-23-9-6-7-10-24(23)19-33-20-29(36-28(33)35)13-17-31(18-14-29)25-11-15-32(16-12-25)27(34)26-21(2)30-37-22(26)3/h23-25H,4-20H2,1-3H3. The lowest BCUT2D eigenvalue weighted by Gasteiger charge is -2.44. The summed E-state index contributed by atoms with van der Waals surface area (Å²) in [4.78, 5) is 32.5. The first-order valence-corrected chi connectivity index (χ1v) is 14.8. The van der Waals surface area contributed by atoms with Crippen molar-refractivity contribution in [3.05, 3.63) is 17.0 Å². The smallest absolute Gasteiger partial charge is 0.410 e. The maximum absolute atomic E-state index is 13.0. The molecule has 4 heterocycles. The van der Waals surface area contributed by atoms with Crippen molar-refractivity contribution in [3.8, 4) is 0 Å². The minimum Gasteiger partial charge on any atom is -0.441 e. The van der Waals surface area contributed by atoms with Crippen LogP contribution in [0.3, 0.4) is 0 Å². The number of aromatic nitrogens is 1. The average molecular weight is 515 g/mol. The van der Waals surface area contributed by atoms with Crippen LogP contribution in [0.2, 0.25) is 0 Å². The maximum atomic E-state index is 13.0. The molecule has 8 nitrogen and oxygen atoms in total. The van der Waals surface area contributed by atoms with Crippen molar-refractivity contribution in [2.75, 3.05) is 39.3 Å². The summed E-state index contributed by atoms with van der Waals surface area (Å²) in [7, 11) is 0. The number of rotatable bonds is 7. The molecule has 8 heteroatoms. The number of ether oxygens (including phenoxy) is 1. The molecule has 1 aliphatic carbocycles. The van der Waals surface area contributed by atoms with E-state index >= 15 is 0 Å². The van der Waals surface area contributed by atoms with Gasteiger partial charge in [0.15, 0.2) is 0 Å². The number of hydrogen-bond acceptors (Lipinski definition) is 6. The minimum absolute atomic E-state index is 0.0418. The quantitative estimate of drug-likeness (QED) is 0.499. The molecule has 0 aromatic carbocycles. The lowest BCUT2D eigenvalue weighted by atomic mass is 9.76. The summed E-state index contributed by atoms with van der Waals surface area (Å²) >= 11 is 0. The number of hydrogen-bond donors (Lipinski definition) is 0. The van der Waals surface area contributed by atoms with Gasteiger partial charge in [0.1, 0.15) is 16.9 Å². The Labute approximate surface area is 222 Å². The number of unbranched alkanes of at least 4 members (excludes halogenated alkanes) is 1. The molecular weight excluding hydrogens is 468 g/mol. The largest absolute Gasteiger partial charge is 0.441 e. The van der Waals surface area contributed by atoms with Gasteiger partial charge < -0.3 is 19.1 Å². The predicted octanol–water partition coefficient (Wildman–Crippen LogP) is 5.18. The fraction of sp³-hybridized carbons (Fsp3) is 0.828. The Morgan fingerprint density at radius 3 is 2.38 bits per heavy atom.